The molecule has 16 heavy (non-hydrogen) atoms. The van der Waals surface area contributed by atoms with Crippen LogP contribution in [0.15, 0.2) is 6.33 Å². The van der Waals surface area contributed by atoms with Gasteiger partial charge in [-0.05, 0) is 6.42 Å². The molecule has 0 aliphatic carbocycles. The Labute approximate surface area is 92.7 Å². The van der Waals surface area contributed by atoms with Gasteiger partial charge >= 0.3 is 0 Å². The lowest BCUT2D eigenvalue weighted by Crippen LogP contribution is -2.17. The molecular weight excluding hydrogens is 204 g/mol. The number of terminal acetylenes is 1. The van der Waals surface area contributed by atoms with Crippen molar-refractivity contribution in [3.05, 3.63) is 6.33 Å². The maximum Gasteiger partial charge on any atom is 0.224 e. The summed E-state index contributed by atoms with van der Waals surface area (Å²) in [6, 6.07) is -0.0826. The maximum atomic E-state index is 5.57. The largest absolute Gasteiger partial charge is 0.368 e. The van der Waals surface area contributed by atoms with Crippen molar-refractivity contribution in [1.29, 1.82) is 0 Å². The van der Waals surface area contributed by atoms with Gasteiger partial charge in [0, 0.05) is 0 Å². The molecule has 0 saturated carbocycles. The van der Waals surface area contributed by atoms with E-state index in [4.69, 9.17) is 12.2 Å². The number of aromatic nitrogens is 4. The summed E-state index contributed by atoms with van der Waals surface area (Å²) in [6.45, 7) is 1.99. The Kier molecular flexibility index (Phi) is 2.60. The topological polar surface area (TPSA) is 92.5 Å². The first kappa shape index (κ1) is 10.2. The number of nitrogens with two attached hydrogens (primary N) is 1. The molecule has 0 fully saturated rings. The number of hydrogen-bond donors (Lipinski definition) is 3. The molecule has 0 saturated heterocycles. The third-order valence-corrected chi connectivity index (χ3v) is 2.22. The highest BCUT2D eigenvalue weighted by Gasteiger charge is 2.10. The second-order valence-electron chi connectivity index (χ2n) is 3.30. The fourth-order valence-corrected chi connectivity index (χ4v) is 1.38. The fraction of sp³-hybridized carbons (Fsp3) is 0.300. The Morgan fingerprint density at radius 1 is 1.62 bits per heavy atom. The minimum atomic E-state index is -0.0826. The molecule has 2 aromatic heterocycles. The van der Waals surface area contributed by atoms with Crippen molar-refractivity contribution in [3.63, 3.8) is 0 Å². The Morgan fingerprint density at radius 3 is 3.12 bits per heavy atom. The predicted octanol–water partition coefficient (Wildman–Crippen LogP) is 0.759. The molecule has 0 radical (unpaired) electrons. The molecule has 0 aromatic carbocycles. The number of nitrogen functional groups attached to an aromatic ring is 1. The lowest BCUT2D eigenvalue weighted by Gasteiger charge is -2.11. The maximum absolute atomic E-state index is 5.57. The van der Waals surface area contributed by atoms with Crippen molar-refractivity contribution in [3.8, 4) is 12.3 Å². The standard InChI is InChI=1S/C10H12N6/c1-3-6(4-2)14-9-7-8(13-5-12-7)15-10(11)16-9/h1,5-6H,4H2,2H3,(H4,11,12,13,14,15,16). The zero-order valence-electron chi connectivity index (χ0n) is 8.86. The van der Waals surface area contributed by atoms with Gasteiger partial charge in [-0.2, -0.15) is 9.97 Å². The fourth-order valence-electron chi connectivity index (χ4n) is 1.38. The number of hydrogen-bond acceptors (Lipinski definition) is 5. The normalized spacial score (nSPS) is 12.2. The highest BCUT2D eigenvalue weighted by atomic mass is 15.1. The highest BCUT2D eigenvalue weighted by Crippen LogP contribution is 2.18. The van der Waals surface area contributed by atoms with Crippen LogP contribution in [0.4, 0.5) is 11.8 Å². The number of nitrogens with one attached hydrogen (secondary N) is 2. The molecule has 0 amide bonds. The highest BCUT2D eigenvalue weighted by molar-refractivity contribution is 5.83. The van der Waals surface area contributed by atoms with Crippen molar-refractivity contribution in [1.82, 2.24) is 19.9 Å². The molecule has 82 valence electrons. The second-order valence-corrected chi connectivity index (χ2v) is 3.30. The van der Waals surface area contributed by atoms with E-state index in [1.165, 1.54) is 0 Å². The van der Waals surface area contributed by atoms with E-state index < -0.39 is 0 Å². The van der Waals surface area contributed by atoms with Gasteiger partial charge in [0.2, 0.25) is 5.95 Å². The zero-order chi connectivity index (χ0) is 11.5. The molecular formula is C10H12N6. The summed E-state index contributed by atoms with van der Waals surface area (Å²) in [6.07, 6.45) is 7.72. The summed E-state index contributed by atoms with van der Waals surface area (Å²) < 4.78 is 0. The van der Waals surface area contributed by atoms with Crippen LogP contribution in [0.3, 0.4) is 0 Å². The van der Waals surface area contributed by atoms with Crippen LogP contribution < -0.4 is 11.1 Å². The number of H-pyrrole nitrogens is 1. The Morgan fingerprint density at radius 2 is 2.44 bits per heavy atom. The van der Waals surface area contributed by atoms with Gasteiger partial charge in [-0.1, -0.05) is 12.8 Å². The van der Waals surface area contributed by atoms with Crippen LogP contribution in [0.5, 0.6) is 0 Å². The summed E-state index contributed by atoms with van der Waals surface area (Å²) in [5.74, 6) is 3.39. The van der Waals surface area contributed by atoms with Crippen LogP contribution in [0.1, 0.15) is 13.3 Å². The van der Waals surface area contributed by atoms with Gasteiger partial charge < -0.3 is 16.0 Å². The van der Waals surface area contributed by atoms with E-state index in [2.05, 4.69) is 31.2 Å². The average Bonchev–Trinajstić information content (AvgIpc) is 2.73. The predicted molar refractivity (Wildman–Crippen MR) is 62.6 cm³/mol. The SMILES string of the molecule is C#CC(CC)Nc1nc(N)nc2nc[nH]c12. The monoisotopic (exact) mass is 216 g/mol. The third-order valence-electron chi connectivity index (χ3n) is 2.22. The first-order chi connectivity index (χ1) is 7.74. The van der Waals surface area contributed by atoms with Crippen LogP contribution in [-0.4, -0.2) is 26.0 Å². The summed E-state index contributed by atoms with van der Waals surface area (Å²) in [5.41, 5.74) is 6.82. The summed E-state index contributed by atoms with van der Waals surface area (Å²) in [7, 11) is 0. The molecule has 1 unspecified atom stereocenters. The van der Waals surface area contributed by atoms with Gasteiger partial charge in [0.15, 0.2) is 11.5 Å². The van der Waals surface area contributed by atoms with E-state index in [1.807, 2.05) is 6.92 Å². The van der Waals surface area contributed by atoms with Crippen LogP contribution >= 0.6 is 0 Å². The molecule has 6 heteroatoms. The average molecular weight is 216 g/mol. The number of aromatic amines is 1. The minimum Gasteiger partial charge on any atom is -0.368 e. The molecule has 2 rings (SSSR count). The van der Waals surface area contributed by atoms with Gasteiger partial charge in [0.25, 0.3) is 0 Å². The van der Waals surface area contributed by atoms with Crippen LogP contribution in [0, 0.1) is 12.3 Å². The first-order valence-corrected chi connectivity index (χ1v) is 4.93. The number of imidazole rings is 1. The van der Waals surface area contributed by atoms with E-state index in [9.17, 15) is 0 Å². The molecule has 2 heterocycles. The molecule has 0 aliphatic rings. The van der Waals surface area contributed by atoms with Crippen molar-refractivity contribution in [2.75, 3.05) is 11.1 Å². The molecule has 6 nitrogen and oxygen atoms in total. The number of fused-ring (bicyclic) bond motifs is 1. The van der Waals surface area contributed by atoms with Crippen molar-refractivity contribution >= 4 is 22.9 Å². The molecule has 1 atom stereocenters. The minimum absolute atomic E-state index is 0.0826. The van der Waals surface area contributed by atoms with E-state index >= 15 is 0 Å². The van der Waals surface area contributed by atoms with Crippen molar-refractivity contribution < 1.29 is 0 Å². The smallest absolute Gasteiger partial charge is 0.224 e. The Bertz CT molecular complexity index is 538. The number of anilines is 2. The van der Waals surface area contributed by atoms with Crippen molar-refractivity contribution in [2.45, 2.75) is 19.4 Å². The number of rotatable bonds is 3. The van der Waals surface area contributed by atoms with Crippen molar-refractivity contribution in [2.24, 2.45) is 0 Å². The molecule has 2 aromatic rings. The van der Waals surface area contributed by atoms with Gasteiger partial charge in [-0.15, -0.1) is 6.42 Å². The molecule has 0 spiro atoms. The Balaban J connectivity index is 2.43. The third kappa shape index (κ3) is 1.75. The van der Waals surface area contributed by atoms with Crippen LogP contribution in [0.25, 0.3) is 11.2 Å². The summed E-state index contributed by atoms with van der Waals surface area (Å²) >= 11 is 0. The van der Waals surface area contributed by atoms with E-state index in [0.29, 0.717) is 17.0 Å². The summed E-state index contributed by atoms with van der Waals surface area (Å²) in [4.78, 5) is 15.1. The molecule has 0 aliphatic heterocycles. The summed E-state index contributed by atoms with van der Waals surface area (Å²) in [5, 5.41) is 3.11. The van der Waals surface area contributed by atoms with Crippen LogP contribution in [0.2, 0.25) is 0 Å². The quantitative estimate of drug-likeness (QED) is 0.659. The van der Waals surface area contributed by atoms with Gasteiger partial charge in [-0.25, -0.2) is 4.98 Å². The van der Waals surface area contributed by atoms with E-state index in [-0.39, 0.29) is 12.0 Å². The lowest BCUT2D eigenvalue weighted by molar-refractivity contribution is 0.852. The second kappa shape index (κ2) is 4.06. The van der Waals surface area contributed by atoms with E-state index in [1.54, 1.807) is 6.33 Å². The van der Waals surface area contributed by atoms with Gasteiger partial charge in [0.05, 0.1) is 12.4 Å². The Hall–Kier alpha value is -2.29. The lowest BCUT2D eigenvalue weighted by atomic mass is 10.2. The van der Waals surface area contributed by atoms with Crippen LogP contribution in [-0.2, 0) is 0 Å². The van der Waals surface area contributed by atoms with E-state index in [0.717, 1.165) is 6.42 Å². The van der Waals surface area contributed by atoms with Gasteiger partial charge in [0.1, 0.15) is 5.52 Å². The number of nitrogens with zero attached hydrogens (tertiary/aromatic N) is 3. The first-order valence-electron chi connectivity index (χ1n) is 4.93. The zero-order valence-corrected chi connectivity index (χ0v) is 8.86. The molecule has 4 N–H and O–H groups in total. The molecule has 0 bridgehead atoms. The van der Waals surface area contributed by atoms with Gasteiger partial charge in [-0.3, -0.25) is 0 Å².